The molecule has 0 spiro atoms. The van der Waals surface area contributed by atoms with Crippen molar-refractivity contribution in [3.63, 3.8) is 0 Å². The van der Waals surface area contributed by atoms with Gasteiger partial charge < -0.3 is 16.6 Å². The summed E-state index contributed by atoms with van der Waals surface area (Å²) in [6.45, 7) is 1.62. The van der Waals surface area contributed by atoms with Gasteiger partial charge in [-0.25, -0.2) is 9.97 Å². The number of alkyl halides is 3. The molecule has 154 valence electrons. The summed E-state index contributed by atoms with van der Waals surface area (Å²) < 4.78 is 40.2. The van der Waals surface area contributed by atoms with E-state index in [4.69, 9.17) is 11.5 Å². The van der Waals surface area contributed by atoms with Crippen LogP contribution in [0.2, 0.25) is 0 Å². The van der Waals surface area contributed by atoms with Crippen LogP contribution in [0.1, 0.15) is 22.5 Å². The van der Waals surface area contributed by atoms with Crippen LogP contribution in [0, 0.1) is 18.8 Å². The number of carbonyl (C=O) groups is 1. The summed E-state index contributed by atoms with van der Waals surface area (Å²) in [7, 11) is 0. The highest BCUT2D eigenvalue weighted by Gasteiger charge is 2.60. The fourth-order valence-corrected chi connectivity index (χ4v) is 2.64. The Labute approximate surface area is 168 Å². The van der Waals surface area contributed by atoms with Crippen LogP contribution < -0.4 is 11.5 Å². The highest BCUT2D eigenvalue weighted by Crippen LogP contribution is 2.40. The number of anilines is 1. The van der Waals surface area contributed by atoms with Crippen LogP contribution in [0.4, 0.5) is 19.0 Å². The number of nitrogens with two attached hydrogens (primary N) is 2. The van der Waals surface area contributed by atoms with Gasteiger partial charge in [0.25, 0.3) is 11.5 Å². The normalized spacial score (nSPS) is 13.2. The minimum atomic E-state index is -5.32. The maximum Gasteiger partial charge on any atom is 0.430 e. The van der Waals surface area contributed by atoms with Gasteiger partial charge in [-0.2, -0.15) is 18.3 Å². The summed E-state index contributed by atoms with van der Waals surface area (Å²) >= 11 is 0. The van der Waals surface area contributed by atoms with Crippen molar-refractivity contribution in [2.45, 2.75) is 18.7 Å². The Hall–Kier alpha value is -3.91. The van der Waals surface area contributed by atoms with Crippen LogP contribution in [0.3, 0.4) is 0 Å². The zero-order chi connectivity index (χ0) is 22.1. The number of aromatic nitrogens is 4. The van der Waals surface area contributed by atoms with E-state index in [0.717, 1.165) is 12.1 Å². The van der Waals surface area contributed by atoms with Crippen molar-refractivity contribution in [2.24, 2.45) is 5.73 Å². The van der Waals surface area contributed by atoms with E-state index in [9.17, 15) is 23.1 Å². The third-order valence-corrected chi connectivity index (χ3v) is 4.32. The number of hydrogen-bond acceptors (Lipinski definition) is 6. The number of aromatic amines is 1. The first-order valence-corrected chi connectivity index (χ1v) is 8.38. The first-order chi connectivity index (χ1) is 14.0. The van der Waals surface area contributed by atoms with Gasteiger partial charge >= 0.3 is 6.18 Å². The number of aliphatic hydroxyl groups is 1. The van der Waals surface area contributed by atoms with Crippen LogP contribution in [0.15, 0.2) is 36.7 Å². The number of carbonyl (C=O) groups excluding carboxylic acids is 1. The molecule has 0 saturated heterocycles. The molecule has 3 aromatic rings. The average Bonchev–Trinajstić information content (AvgIpc) is 3.20. The lowest BCUT2D eigenvalue weighted by molar-refractivity contribution is -0.255. The Morgan fingerprint density at radius 1 is 1.23 bits per heavy atom. The molecule has 0 aliphatic rings. The van der Waals surface area contributed by atoms with Crippen molar-refractivity contribution in [3.05, 3.63) is 59.2 Å². The number of benzene rings is 1. The third-order valence-electron chi connectivity index (χ3n) is 4.32. The quantitative estimate of drug-likeness (QED) is 0.475. The van der Waals surface area contributed by atoms with Gasteiger partial charge in [-0.3, -0.25) is 9.89 Å². The molecule has 8 nitrogen and oxygen atoms in total. The van der Waals surface area contributed by atoms with Gasteiger partial charge in [0, 0.05) is 17.3 Å². The number of H-pyrrole nitrogens is 1. The second kappa shape index (κ2) is 7.49. The number of amides is 1. The van der Waals surface area contributed by atoms with Crippen molar-refractivity contribution >= 4 is 11.7 Å². The number of nitrogens with one attached hydrogen (secondary N) is 1. The number of rotatable bonds is 3. The average molecular weight is 416 g/mol. The fourth-order valence-electron chi connectivity index (χ4n) is 2.64. The topological polar surface area (TPSA) is 144 Å². The van der Waals surface area contributed by atoms with E-state index in [2.05, 4.69) is 32.0 Å². The molecule has 1 unspecified atom stereocenters. The molecular weight excluding hydrogens is 401 g/mol. The Bertz CT molecular complexity index is 1170. The van der Waals surface area contributed by atoms with Crippen molar-refractivity contribution in [2.75, 3.05) is 5.73 Å². The van der Waals surface area contributed by atoms with E-state index >= 15 is 0 Å². The van der Waals surface area contributed by atoms with Crippen LogP contribution in [0.5, 0.6) is 0 Å². The molecule has 0 bridgehead atoms. The second-order valence-corrected chi connectivity index (χ2v) is 6.31. The molecule has 0 aliphatic carbocycles. The molecular formula is C19H15F3N6O2. The Morgan fingerprint density at radius 3 is 2.57 bits per heavy atom. The van der Waals surface area contributed by atoms with Crippen LogP contribution >= 0.6 is 0 Å². The lowest BCUT2D eigenvalue weighted by Crippen LogP contribution is -2.52. The van der Waals surface area contributed by atoms with Gasteiger partial charge in [0.15, 0.2) is 11.5 Å². The molecule has 1 atom stereocenters. The molecule has 0 aliphatic heterocycles. The van der Waals surface area contributed by atoms with E-state index in [1.54, 1.807) is 13.0 Å². The van der Waals surface area contributed by atoms with E-state index in [-0.39, 0.29) is 22.8 Å². The Kier molecular flexibility index (Phi) is 5.20. The molecule has 1 aromatic carbocycles. The summed E-state index contributed by atoms with van der Waals surface area (Å²) in [4.78, 5) is 19.7. The van der Waals surface area contributed by atoms with E-state index in [1.165, 1.54) is 18.5 Å². The molecule has 6 N–H and O–H groups in total. The zero-order valence-electron chi connectivity index (χ0n) is 15.4. The van der Waals surface area contributed by atoms with Gasteiger partial charge in [0.1, 0.15) is 5.69 Å². The number of nitrogen functional groups attached to an aromatic ring is 1. The minimum Gasteiger partial charge on any atom is -0.381 e. The Morgan fingerprint density at radius 2 is 1.97 bits per heavy atom. The largest absolute Gasteiger partial charge is 0.430 e. The highest BCUT2D eigenvalue weighted by molar-refractivity contribution is 5.86. The molecule has 0 saturated carbocycles. The maximum atomic E-state index is 13.4. The van der Waals surface area contributed by atoms with E-state index < -0.39 is 23.2 Å². The molecule has 1 amide bonds. The van der Waals surface area contributed by atoms with Crippen molar-refractivity contribution in [3.8, 4) is 23.1 Å². The lowest BCUT2D eigenvalue weighted by atomic mass is 9.89. The molecule has 0 radical (unpaired) electrons. The lowest BCUT2D eigenvalue weighted by Gasteiger charge is -2.28. The monoisotopic (exact) mass is 416 g/mol. The van der Waals surface area contributed by atoms with Gasteiger partial charge in [0.2, 0.25) is 0 Å². The number of primary amides is 1. The summed E-state index contributed by atoms with van der Waals surface area (Å²) in [5.74, 6) is 3.53. The molecule has 0 fully saturated rings. The van der Waals surface area contributed by atoms with Crippen LogP contribution in [-0.2, 0) is 10.4 Å². The standard InChI is InChI=1S/C19H15F3N6O2/c1-10-2-3-11(18(30,17(24)29)19(20,21)22)8-13(10)15-9-25-16(23)14(27-15)5-4-12-6-7-26-28-12/h2-3,6-9,30H,1H3,(H2,23,25)(H2,24,29)(H,26,28). The molecule has 2 heterocycles. The number of aryl methyl sites for hydroxylation is 1. The minimum absolute atomic E-state index is 0.0171. The maximum absolute atomic E-state index is 13.4. The van der Waals surface area contributed by atoms with Crippen LogP contribution in [0.25, 0.3) is 11.3 Å². The van der Waals surface area contributed by atoms with Gasteiger partial charge in [-0.05, 0) is 36.5 Å². The van der Waals surface area contributed by atoms with Gasteiger partial charge in [-0.15, -0.1) is 0 Å². The summed E-state index contributed by atoms with van der Waals surface area (Å²) in [5.41, 5.74) is 7.48. The summed E-state index contributed by atoms with van der Waals surface area (Å²) in [6.07, 6.45) is -2.57. The number of hydrogen-bond donors (Lipinski definition) is 4. The van der Waals surface area contributed by atoms with Crippen molar-refractivity contribution < 1.29 is 23.1 Å². The van der Waals surface area contributed by atoms with Crippen molar-refractivity contribution in [1.29, 1.82) is 0 Å². The zero-order valence-corrected chi connectivity index (χ0v) is 15.4. The highest BCUT2D eigenvalue weighted by atomic mass is 19.4. The third kappa shape index (κ3) is 3.68. The van der Waals surface area contributed by atoms with Crippen molar-refractivity contribution in [1.82, 2.24) is 20.2 Å². The molecule has 30 heavy (non-hydrogen) atoms. The molecule has 11 heteroatoms. The van der Waals surface area contributed by atoms with E-state index in [0.29, 0.717) is 11.3 Å². The van der Waals surface area contributed by atoms with E-state index in [1.807, 2.05) is 0 Å². The molecule has 2 aromatic heterocycles. The summed E-state index contributed by atoms with van der Waals surface area (Å²) in [5, 5.41) is 16.5. The van der Waals surface area contributed by atoms with Crippen LogP contribution in [-0.4, -0.2) is 37.4 Å². The summed E-state index contributed by atoms with van der Waals surface area (Å²) in [6, 6.07) is 4.88. The first kappa shape index (κ1) is 20.8. The fraction of sp³-hybridized carbons (Fsp3) is 0.158. The van der Waals surface area contributed by atoms with Gasteiger partial charge in [0.05, 0.1) is 11.9 Å². The SMILES string of the molecule is Cc1ccc(C(O)(C(N)=O)C(F)(F)F)cc1-c1cnc(N)c(C#Cc2ccn[nH]2)n1. The number of halogens is 3. The molecule has 3 rings (SSSR count). The second-order valence-electron chi connectivity index (χ2n) is 6.31. The number of nitrogens with zero attached hydrogens (tertiary/aromatic N) is 3. The van der Waals surface area contributed by atoms with Gasteiger partial charge in [-0.1, -0.05) is 12.1 Å². The Balaban J connectivity index is 2.12. The predicted molar refractivity (Wildman–Crippen MR) is 100 cm³/mol. The first-order valence-electron chi connectivity index (χ1n) is 8.38. The smallest absolute Gasteiger partial charge is 0.381 e. The predicted octanol–water partition coefficient (Wildman–Crippen LogP) is 1.39.